The van der Waals surface area contributed by atoms with Crippen LogP contribution in [0, 0.1) is 5.92 Å². The smallest absolute Gasteiger partial charge is 0.224 e. The molecule has 0 spiro atoms. The van der Waals surface area contributed by atoms with E-state index in [1.54, 1.807) is 18.4 Å². The molecule has 24 heavy (non-hydrogen) atoms. The van der Waals surface area contributed by atoms with Crippen LogP contribution < -0.4 is 5.32 Å². The minimum Gasteiger partial charge on any atom is -0.467 e. The molecule has 1 amide bonds. The minimum atomic E-state index is -0.669. The number of aliphatic hydroxyl groups excluding tert-OH is 1. The molecule has 1 aromatic heterocycles. The molecule has 0 radical (unpaired) electrons. The lowest BCUT2D eigenvalue weighted by atomic mass is 9.94. The van der Waals surface area contributed by atoms with E-state index < -0.39 is 6.10 Å². The average molecular weight is 334 g/mol. The Hall–Kier alpha value is -1.33. The van der Waals surface area contributed by atoms with Crippen molar-refractivity contribution < 1.29 is 14.3 Å². The molecule has 0 bridgehead atoms. The fraction of sp³-hybridized carbons (Fsp3) is 0.737. The lowest BCUT2D eigenvalue weighted by Gasteiger charge is -2.31. The summed E-state index contributed by atoms with van der Waals surface area (Å²) in [6.45, 7) is 3.88. The summed E-state index contributed by atoms with van der Waals surface area (Å²) in [4.78, 5) is 15.0. The molecule has 2 N–H and O–H groups in total. The summed E-state index contributed by atoms with van der Waals surface area (Å²) in [5.41, 5.74) is 0. The molecule has 5 nitrogen and oxygen atoms in total. The van der Waals surface area contributed by atoms with E-state index in [9.17, 15) is 9.90 Å². The number of rotatable bonds is 6. The Bertz CT molecular complexity index is 511. The highest BCUT2D eigenvalue weighted by Crippen LogP contribution is 2.28. The van der Waals surface area contributed by atoms with Crippen LogP contribution >= 0.6 is 0 Å². The van der Waals surface area contributed by atoms with Crippen molar-refractivity contribution in [1.29, 1.82) is 0 Å². The van der Waals surface area contributed by atoms with Gasteiger partial charge in [-0.05, 0) is 44.9 Å². The largest absolute Gasteiger partial charge is 0.467 e. The summed E-state index contributed by atoms with van der Waals surface area (Å²) in [7, 11) is 0. The van der Waals surface area contributed by atoms with Gasteiger partial charge in [-0.15, -0.1) is 0 Å². The fourth-order valence-electron chi connectivity index (χ4n) is 4.13. The molecule has 2 fully saturated rings. The second kappa shape index (κ2) is 8.17. The lowest BCUT2D eigenvalue weighted by molar-refractivity contribution is -0.125. The van der Waals surface area contributed by atoms with Gasteiger partial charge in [0.1, 0.15) is 11.9 Å². The van der Waals surface area contributed by atoms with Crippen molar-refractivity contribution in [3.8, 4) is 0 Å². The van der Waals surface area contributed by atoms with Crippen LogP contribution in [0.15, 0.2) is 22.8 Å². The van der Waals surface area contributed by atoms with E-state index in [0.717, 1.165) is 19.5 Å². The van der Waals surface area contributed by atoms with Crippen molar-refractivity contribution >= 4 is 5.91 Å². The first-order valence-electron chi connectivity index (χ1n) is 9.39. The van der Waals surface area contributed by atoms with Crippen LogP contribution in [0.3, 0.4) is 0 Å². The molecule has 5 heteroatoms. The van der Waals surface area contributed by atoms with Gasteiger partial charge in [-0.25, -0.2) is 0 Å². The average Bonchev–Trinajstić information content (AvgIpc) is 3.27. The van der Waals surface area contributed by atoms with Crippen molar-refractivity contribution in [3.05, 3.63) is 24.2 Å². The molecule has 3 atom stereocenters. The Morgan fingerprint density at radius 3 is 2.88 bits per heavy atom. The maximum atomic E-state index is 12.5. The highest BCUT2D eigenvalue weighted by molar-refractivity contribution is 5.79. The van der Waals surface area contributed by atoms with E-state index in [2.05, 4.69) is 10.2 Å². The number of nitrogens with one attached hydrogen (secondary N) is 1. The van der Waals surface area contributed by atoms with Crippen LogP contribution in [0.2, 0.25) is 0 Å². The second-order valence-electron chi connectivity index (χ2n) is 7.45. The number of nitrogens with zero attached hydrogens (tertiary/aromatic N) is 1. The highest BCUT2D eigenvalue weighted by Gasteiger charge is 2.33. The van der Waals surface area contributed by atoms with Crippen LogP contribution in [-0.2, 0) is 4.79 Å². The summed E-state index contributed by atoms with van der Waals surface area (Å²) < 4.78 is 5.21. The van der Waals surface area contributed by atoms with Gasteiger partial charge in [0.05, 0.1) is 12.2 Å². The number of hydrogen-bond donors (Lipinski definition) is 2. The predicted molar refractivity (Wildman–Crippen MR) is 92.4 cm³/mol. The Morgan fingerprint density at radius 2 is 2.17 bits per heavy atom. The molecule has 1 saturated carbocycles. The number of amides is 1. The van der Waals surface area contributed by atoms with Crippen molar-refractivity contribution in [2.75, 3.05) is 13.1 Å². The van der Waals surface area contributed by atoms with Gasteiger partial charge in [0.15, 0.2) is 0 Å². The van der Waals surface area contributed by atoms with E-state index in [0.29, 0.717) is 18.2 Å². The zero-order valence-electron chi connectivity index (χ0n) is 14.6. The fourth-order valence-corrected chi connectivity index (χ4v) is 4.13. The van der Waals surface area contributed by atoms with Gasteiger partial charge in [-0.1, -0.05) is 19.3 Å². The maximum Gasteiger partial charge on any atom is 0.224 e. The monoisotopic (exact) mass is 334 g/mol. The number of likely N-dealkylation sites (tertiary alicyclic amines) is 1. The summed E-state index contributed by atoms with van der Waals surface area (Å²) in [6.07, 6.45) is 8.93. The van der Waals surface area contributed by atoms with Gasteiger partial charge in [-0.2, -0.15) is 0 Å². The topological polar surface area (TPSA) is 65.7 Å². The molecule has 1 aliphatic heterocycles. The van der Waals surface area contributed by atoms with Gasteiger partial charge in [-0.3, -0.25) is 9.69 Å². The number of carbonyl (C=O) groups excluding carboxylic acids is 1. The minimum absolute atomic E-state index is 0.0682. The molecule has 3 rings (SSSR count). The predicted octanol–water partition coefficient (Wildman–Crippen LogP) is 2.86. The normalized spacial score (nSPS) is 25.5. The van der Waals surface area contributed by atoms with E-state index in [1.165, 1.54) is 32.1 Å². The van der Waals surface area contributed by atoms with Gasteiger partial charge in [0, 0.05) is 25.0 Å². The van der Waals surface area contributed by atoms with Gasteiger partial charge < -0.3 is 14.8 Å². The number of carbonyl (C=O) groups is 1. The van der Waals surface area contributed by atoms with Crippen molar-refractivity contribution in [3.63, 3.8) is 0 Å². The summed E-state index contributed by atoms with van der Waals surface area (Å²) >= 11 is 0. The molecule has 1 saturated heterocycles. The van der Waals surface area contributed by atoms with E-state index in [-0.39, 0.29) is 17.9 Å². The first-order valence-corrected chi connectivity index (χ1v) is 9.39. The standard InChI is InChI=1S/C19H30N2O3/c1-14(12-17(22)18-8-5-11-24-18)20-19(23)15-9-10-21(13-15)16-6-3-2-4-7-16/h5,8,11,14-17,22H,2-4,6-7,9-10,12-13H2,1H3,(H,20,23). The Balaban J connectivity index is 1.43. The van der Waals surface area contributed by atoms with E-state index in [4.69, 9.17) is 4.42 Å². The molecule has 2 heterocycles. The summed E-state index contributed by atoms with van der Waals surface area (Å²) in [6, 6.07) is 4.15. The zero-order valence-corrected chi connectivity index (χ0v) is 14.6. The third kappa shape index (κ3) is 4.39. The number of hydrogen-bond acceptors (Lipinski definition) is 4. The van der Waals surface area contributed by atoms with Gasteiger partial charge in [0.25, 0.3) is 0 Å². The zero-order chi connectivity index (χ0) is 16.9. The molecular formula is C19H30N2O3. The summed E-state index contributed by atoms with van der Waals surface area (Å²) in [5.74, 6) is 0.781. The SMILES string of the molecule is CC(CC(O)c1ccco1)NC(=O)C1CCN(C2CCCCC2)C1. The number of aliphatic hydroxyl groups is 1. The maximum absolute atomic E-state index is 12.5. The lowest BCUT2D eigenvalue weighted by Crippen LogP contribution is -2.40. The van der Waals surface area contributed by atoms with Crippen molar-refractivity contribution in [2.45, 2.75) is 70.1 Å². The molecule has 1 aromatic rings. The van der Waals surface area contributed by atoms with Crippen LogP contribution in [0.25, 0.3) is 0 Å². The van der Waals surface area contributed by atoms with Crippen LogP contribution in [-0.4, -0.2) is 41.1 Å². The van der Waals surface area contributed by atoms with Crippen molar-refractivity contribution in [1.82, 2.24) is 10.2 Å². The Morgan fingerprint density at radius 1 is 1.38 bits per heavy atom. The second-order valence-corrected chi connectivity index (χ2v) is 7.45. The van der Waals surface area contributed by atoms with E-state index >= 15 is 0 Å². The van der Waals surface area contributed by atoms with Gasteiger partial charge in [0.2, 0.25) is 5.91 Å². The van der Waals surface area contributed by atoms with Crippen LogP contribution in [0.4, 0.5) is 0 Å². The quantitative estimate of drug-likeness (QED) is 0.839. The van der Waals surface area contributed by atoms with Crippen LogP contribution in [0.1, 0.15) is 63.7 Å². The first-order chi connectivity index (χ1) is 11.6. The molecule has 2 aliphatic rings. The third-order valence-electron chi connectivity index (χ3n) is 5.52. The molecule has 0 aromatic carbocycles. The molecule has 3 unspecified atom stereocenters. The molecule has 134 valence electrons. The van der Waals surface area contributed by atoms with Gasteiger partial charge >= 0.3 is 0 Å². The molecular weight excluding hydrogens is 304 g/mol. The highest BCUT2D eigenvalue weighted by atomic mass is 16.4. The number of furan rings is 1. The Labute approximate surface area is 144 Å². The van der Waals surface area contributed by atoms with Crippen molar-refractivity contribution in [2.24, 2.45) is 5.92 Å². The van der Waals surface area contributed by atoms with Crippen LogP contribution in [0.5, 0.6) is 0 Å². The Kier molecular flexibility index (Phi) is 5.95. The summed E-state index contributed by atoms with van der Waals surface area (Å²) in [5, 5.41) is 13.2. The molecule has 1 aliphatic carbocycles. The third-order valence-corrected chi connectivity index (χ3v) is 5.52. The first kappa shape index (κ1) is 17.5. The van der Waals surface area contributed by atoms with E-state index in [1.807, 2.05) is 6.92 Å².